The summed E-state index contributed by atoms with van der Waals surface area (Å²) in [6.45, 7) is 3.21. The second-order valence-corrected chi connectivity index (χ2v) is 8.03. The topological polar surface area (TPSA) is 82.4 Å². The van der Waals surface area contributed by atoms with Gasteiger partial charge in [-0.05, 0) is 31.0 Å². The second-order valence-electron chi connectivity index (χ2n) is 7.03. The van der Waals surface area contributed by atoms with Crippen LogP contribution in [0.1, 0.15) is 27.5 Å². The number of hydrogen-bond acceptors (Lipinski definition) is 6. The van der Waals surface area contributed by atoms with Gasteiger partial charge in [0.2, 0.25) is 0 Å². The molecule has 3 aromatic rings. The lowest BCUT2D eigenvalue weighted by Gasteiger charge is -2.26. The molecule has 0 aliphatic carbocycles. The van der Waals surface area contributed by atoms with Crippen LogP contribution in [-0.2, 0) is 13.0 Å². The van der Waals surface area contributed by atoms with Gasteiger partial charge in [0.05, 0.1) is 16.8 Å². The molecule has 1 atom stereocenters. The summed E-state index contributed by atoms with van der Waals surface area (Å²) in [6, 6.07) is 7.47. The number of ether oxygens (including phenoxy) is 2. The van der Waals surface area contributed by atoms with Crippen molar-refractivity contribution in [1.29, 1.82) is 0 Å². The fraction of sp³-hybridized carbons (Fsp3) is 0.350. The minimum atomic E-state index is -0.263. The third-order valence-electron chi connectivity index (χ3n) is 5.18. The maximum Gasteiger partial charge on any atom is 0.262 e. The van der Waals surface area contributed by atoms with E-state index in [1.165, 1.54) is 11.3 Å². The van der Waals surface area contributed by atoms with Gasteiger partial charge in [0, 0.05) is 13.0 Å². The van der Waals surface area contributed by atoms with Crippen molar-refractivity contribution in [3.8, 4) is 11.5 Å². The second kappa shape index (κ2) is 6.63. The highest BCUT2D eigenvalue weighted by Gasteiger charge is 2.25. The zero-order valence-corrected chi connectivity index (χ0v) is 16.2. The van der Waals surface area contributed by atoms with Crippen molar-refractivity contribution >= 4 is 27.5 Å². The Labute approximate surface area is 164 Å². The maximum absolute atomic E-state index is 12.8. The van der Waals surface area contributed by atoms with E-state index in [4.69, 9.17) is 9.47 Å². The molecular weight excluding hydrogens is 378 g/mol. The van der Waals surface area contributed by atoms with E-state index < -0.39 is 0 Å². The molecule has 1 unspecified atom stereocenters. The Morgan fingerprint density at radius 1 is 1.36 bits per heavy atom. The minimum absolute atomic E-state index is 0.0362. The molecule has 0 bridgehead atoms. The SMILES string of the molecule is Cc1c(C(=O)NCC2COc3ccccc3O2)sc2nc3n(c(=O)c12)CCC3. The minimum Gasteiger partial charge on any atom is -0.486 e. The Morgan fingerprint density at radius 2 is 2.18 bits per heavy atom. The number of para-hydroxylation sites is 2. The van der Waals surface area contributed by atoms with Gasteiger partial charge in [-0.1, -0.05) is 12.1 Å². The van der Waals surface area contributed by atoms with Crippen LogP contribution in [0, 0.1) is 6.92 Å². The number of carbonyl (C=O) groups is 1. The number of aromatic nitrogens is 2. The Hall–Kier alpha value is -2.87. The van der Waals surface area contributed by atoms with E-state index in [-0.39, 0.29) is 17.6 Å². The summed E-state index contributed by atoms with van der Waals surface area (Å²) in [5.74, 6) is 1.99. The van der Waals surface area contributed by atoms with Crippen LogP contribution in [0.5, 0.6) is 11.5 Å². The van der Waals surface area contributed by atoms with Crippen LogP contribution >= 0.6 is 11.3 Å². The summed E-state index contributed by atoms with van der Waals surface area (Å²) in [5, 5.41) is 3.47. The van der Waals surface area contributed by atoms with Gasteiger partial charge in [-0.2, -0.15) is 0 Å². The van der Waals surface area contributed by atoms with E-state index in [0.29, 0.717) is 51.9 Å². The fourth-order valence-electron chi connectivity index (χ4n) is 3.74. The Balaban J connectivity index is 1.35. The molecule has 5 rings (SSSR count). The average molecular weight is 397 g/mol. The van der Waals surface area contributed by atoms with E-state index in [0.717, 1.165) is 18.7 Å². The van der Waals surface area contributed by atoms with Crippen LogP contribution < -0.4 is 20.3 Å². The van der Waals surface area contributed by atoms with E-state index in [2.05, 4.69) is 10.3 Å². The summed E-state index contributed by atoms with van der Waals surface area (Å²) >= 11 is 1.28. The van der Waals surface area contributed by atoms with Gasteiger partial charge in [-0.15, -0.1) is 11.3 Å². The zero-order chi connectivity index (χ0) is 19.3. The van der Waals surface area contributed by atoms with Crippen molar-refractivity contribution in [3.63, 3.8) is 0 Å². The maximum atomic E-state index is 12.8. The van der Waals surface area contributed by atoms with Crippen molar-refractivity contribution < 1.29 is 14.3 Å². The average Bonchev–Trinajstić information content (AvgIpc) is 3.31. The number of nitrogens with one attached hydrogen (secondary N) is 1. The van der Waals surface area contributed by atoms with Crippen LogP contribution in [0.4, 0.5) is 0 Å². The van der Waals surface area contributed by atoms with E-state index in [9.17, 15) is 9.59 Å². The lowest BCUT2D eigenvalue weighted by atomic mass is 10.2. The predicted octanol–water partition coefficient (Wildman–Crippen LogP) is 2.28. The number of aryl methyl sites for hydroxylation is 2. The molecule has 8 heteroatoms. The highest BCUT2D eigenvalue weighted by atomic mass is 32.1. The van der Waals surface area contributed by atoms with Gasteiger partial charge >= 0.3 is 0 Å². The van der Waals surface area contributed by atoms with Crippen molar-refractivity contribution in [2.45, 2.75) is 32.4 Å². The summed E-state index contributed by atoms with van der Waals surface area (Å²) in [5.41, 5.74) is 0.661. The normalized spacial score (nSPS) is 17.5. The highest BCUT2D eigenvalue weighted by Crippen LogP contribution is 2.31. The molecule has 0 saturated carbocycles. The molecule has 144 valence electrons. The Morgan fingerprint density at radius 3 is 3.04 bits per heavy atom. The first-order valence-corrected chi connectivity index (χ1v) is 10.1. The molecule has 2 aliphatic rings. The number of rotatable bonds is 3. The molecule has 4 heterocycles. The summed E-state index contributed by atoms with van der Waals surface area (Å²) in [6.07, 6.45) is 1.49. The number of benzene rings is 1. The first-order valence-electron chi connectivity index (χ1n) is 9.31. The van der Waals surface area contributed by atoms with Crippen LogP contribution in [-0.4, -0.2) is 34.7 Å². The van der Waals surface area contributed by atoms with Gasteiger partial charge in [-0.25, -0.2) is 4.98 Å². The van der Waals surface area contributed by atoms with Crippen LogP contribution in [0.3, 0.4) is 0 Å². The molecule has 7 nitrogen and oxygen atoms in total. The quantitative estimate of drug-likeness (QED) is 0.733. The van der Waals surface area contributed by atoms with Gasteiger partial charge < -0.3 is 14.8 Å². The van der Waals surface area contributed by atoms with E-state index >= 15 is 0 Å². The lowest BCUT2D eigenvalue weighted by Crippen LogP contribution is -2.40. The highest BCUT2D eigenvalue weighted by molar-refractivity contribution is 7.20. The Bertz CT molecular complexity index is 1150. The van der Waals surface area contributed by atoms with Crippen LogP contribution in [0.2, 0.25) is 0 Å². The summed E-state index contributed by atoms with van der Waals surface area (Å²) in [4.78, 5) is 31.3. The molecule has 1 N–H and O–H groups in total. The monoisotopic (exact) mass is 397 g/mol. The number of nitrogens with zero attached hydrogens (tertiary/aromatic N) is 2. The third kappa shape index (κ3) is 2.75. The van der Waals surface area contributed by atoms with Gasteiger partial charge in [-0.3, -0.25) is 14.2 Å². The molecule has 0 saturated heterocycles. The van der Waals surface area contributed by atoms with Gasteiger partial charge in [0.25, 0.3) is 11.5 Å². The van der Waals surface area contributed by atoms with E-state index in [1.807, 2.05) is 31.2 Å². The first kappa shape index (κ1) is 17.2. The van der Waals surface area contributed by atoms with Gasteiger partial charge in [0.15, 0.2) is 11.5 Å². The molecule has 2 aliphatic heterocycles. The Kier molecular flexibility index (Phi) is 4.08. The van der Waals surface area contributed by atoms with Gasteiger partial charge in [0.1, 0.15) is 23.4 Å². The first-order chi connectivity index (χ1) is 13.6. The van der Waals surface area contributed by atoms with Crippen molar-refractivity contribution in [2.24, 2.45) is 0 Å². The van der Waals surface area contributed by atoms with Crippen molar-refractivity contribution in [2.75, 3.05) is 13.2 Å². The molecule has 1 aromatic carbocycles. The smallest absolute Gasteiger partial charge is 0.262 e. The molecule has 28 heavy (non-hydrogen) atoms. The molecule has 0 radical (unpaired) electrons. The fourth-order valence-corrected chi connectivity index (χ4v) is 4.85. The van der Waals surface area contributed by atoms with Crippen LogP contribution in [0.25, 0.3) is 10.2 Å². The largest absolute Gasteiger partial charge is 0.486 e. The molecule has 0 fully saturated rings. The number of carbonyl (C=O) groups excluding carboxylic acids is 1. The number of thiophene rings is 1. The van der Waals surface area contributed by atoms with Crippen LogP contribution in [0.15, 0.2) is 29.1 Å². The number of amides is 1. The van der Waals surface area contributed by atoms with Crippen molar-refractivity contribution in [3.05, 3.63) is 50.9 Å². The number of hydrogen-bond donors (Lipinski definition) is 1. The standard InChI is InChI=1S/C20H19N3O4S/c1-11-16-19(22-15-7-4-8-23(15)20(16)25)28-17(11)18(24)21-9-12-10-26-13-5-2-3-6-14(13)27-12/h2-3,5-6,12H,4,7-10H2,1H3,(H,21,24). The molecule has 1 amide bonds. The van der Waals surface area contributed by atoms with Crippen molar-refractivity contribution in [1.82, 2.24) is 14.9 Å². The predicted molar refractivity (Wildman–Crippen MR) is 106 cm³/mol. The molecular formula is C20H19N3O4S. The summed E-state index contributed by atoms with van der Waals surface area (Å²) < 4.78 is 13.3. The number of fused-ring (bicyclic) bond motifs is 3. The summed E-state index contributed by atoms with van der Waals surface area (Å²) in [7, 11) is 0. The zero-order valence-electron chi connectivity index (χ0n) is 15.4. The lowest BCUT2D eigenvalue weighted by molar-refractivity contribution is 0.0791. The molecule has 2 aromatic heterocycles. The molecule has 0 spiro atoms. The third-order valence-corrected chi connectivity index (χ3v) is 6.36. The van der Waals surface area contributed by atoms with E-state index in [1.54, 1.807) is 4.57 Å².